The van der Waals surface area contributed by atoms with Crippen molar-refractivity contribution in [3.05, 3.63) is 90.0 Å². The van der Waals surface area contributed by atoms with E-state index in [0.29, 0.717) is 28.1 Å². The summed E-state index contributed by atoms with van der Waals surface area (Å²) in [6, 6.07) is 19.9. The molecule has 0 aliphatic carbocycles. The second-order valence-corrected chi connectivity index (χ2v) is 6.72. The second-order valence-electron chi connectivity index (χ2n) is 6.72. The van der Waals surface area contributed by atoms with Crippen LogP contribution in [0.15, 0.2) is 78.9 Å². The van der Waals surface area contributed by atoms with E-state index in [1.165, 1.54) is 19.2 Å². The summed E-state index contributed by atoms with van der Waals surface area (Å²) in [6.45, 7) is 0. The molecule has 0 amide bonds. The molecule has 0 N–H and O–H groups in total. The maximum absolute atomic E-state index is 12.8. The summed E-state index contributed by atoms with van der Waals surface area (Å²) >= 11 is 0. The van der Waals surface area contributed by atoms with Crippen LogP contribution in [0.1, 0.15) is 15.9 Å². The molecule has 0 unspecified atom stereocenters. The van der Waals surface area contributed by atoms with Gasteiger partial charge in [-0.05, 0) is 48.5 Å². The van der Waals surface area contributed by atoms with E-state index in [9.17, 15) is 18.0 Å². The smallest absolute Gasteiger partial charge is 0.416 e. The quantitative estimate of drug-likeness (QED) is 0.292. The third-order valence-corrected chi connectivity index (χ3v) is 4.72. The zero-order valence-electron chi connectivity index (χ0n) is 16.3. The molecule has 0 saturated heterocycles. The second kappa shape index (κ2) is 8.10. The maximum Gasteiger partial charge on any atom is 0.416 e. The zero-order chi connectivity index (χ0) is 22.0. The summed E-state index contributed by atoms with van der Waals surface area (Å²) in [6.07, 6.45) is -4.40. The Labute approximate surface area is 175 Å². The normalized spacial score (nSPS) is 11.4. The highest BCUT2D eigenvalue weighted by Crippen LogP contribution is 2.32. The van der Waals surface area contributed by atoms with Crippen molar-refractivity contribution in [3.8, 4) is 22.8 Å². The van der Waals surface area contributed by atoms with Gasteiger partial charge in [-0.15, -0.1) is 0 Å². The standard InChI is InChI=1S/C24H16F3NO3/c1-30-19-12-7-17(8-13-19)23(29)31-21-4-2-3-16-9-14-20(28-22(16)21)15-5-10-18(11-6-15)24(25,26)27/h2-14H,1H3. The van der Waals surface area contributed by atoms with Crippen molar-refractivity contribution in [3.63, 3.8) is 0 Å². The van der Waals surface area contributed by atoms with Gasteiger partial charge in [-0.3, -0.25) is 0 Å². The number of fused-ring (bicyclic) bond motifs is 1. The number of ether oxygens (including phenoxy) is 2. The minimum absolute atomic E-state index is 0.257. The van der Waals surface area contributed by atoms with Crippen molar-refractivity contribution in [2.24, 2.45) is 0 Å². The summed E-state index contributed by atoms with van der Waals surface area (Å²) in [7, 11) is 1.53. The van der Waals surface area contributed by atoms with Gasteiger partial charge in [0.25, 0.3) is 0 Å². The number of halogens is 3. The van der Waals surface area contributed by atoms with Gasteiger partial charge in [0.2, 0.25) is 0 Å². The molecule has 3 aromatic carbocycles. The third kappa shape index (κ3) is 4.35. The largest absolute Gasteiger partial charge is 0.497 e. The SMILES string of the molecule is COc1ccc(C(=O)Oc2cccc3ccc(-c4ccc(C(F)(F)F)cc4)nc23)cc1. The first kappa shape index (κ1) is 20.4. The summed E-state index contributed by atoms with van der Waals surface area (Å²) in [5.74, 6) is 0.313. The van der Waals surface area contributed by atoms with E-state index in [0.717, 1.165) is 17.5 Å². The molecular weight excluding hydrogens is 407 g/mol. The van der Waals surface area contributed by atoms with Crippen molar-refractivity contribution in [1.82, 2.24) is 4.98 Å². The zero-order valence-corrected chi connectivity index (χ0v) is 16.3. The van der Waals surface area contributed by atoms with Crippen LogP contribution in [-0.2, 0) is 6.18 Å². The van der Waals surface area contributed by atoms with Gasteiger partial charge in [0.1, 0.15) is 11.3 Å². The van der Waals surface area contributed by atoms with E-state index in [1.807, 2.05) is 6.07 Å². The van der Waals surface area contributed by atoms with E-state index < -0.39 is 17.7 Å². The molecule has 0 aliphatic rings. The summed E-state index contributed by atoms with van der Waals surface area (Å²) in [5, 5.41) is 0.732. The number of hydrogen-bond donors (Lipinski definition) is 0. The average molecular weight is 423 g/mol. The van der Waals surface area contributed by atoms with Crippen LogP contribution in [0.4, 0.5) is 13.2 Å². The average Bonchev–Trinajstić information content (AvgIpc) is 2.78. The van der Waals surface area contributed by atoms with E-state index in [-0.39, 0.29) is 5.75 Å². The van der Waals surface area contributed by atoms with E-state index in [1.54, 1.807) is 48.5 Å². The Bertz CT molecular complexity index is 1230. The number of nitrogens with zero attached hydrogens (tertiary/aromatic N) is 1. The topological polar surface area (TPSA) is 48.4 Å². The van der Waals surface area contributed by atoms with Gasteiger partial charge in [0.15, 0.2) is 5.75 Å². The molecule has 1 aromatic heterocycles. The van der Waals surface area contributed by atoms with Crippen molar-refractivity contribution >= 4 is 16.9 Å². The van der Waals surface area contributed by atoms with Crippen LogP contribution in [-0.4, -0.2) is 18.1 Å². The van der Waals surface area contributed by atoms with Gasteiger partial charge < -0.3 is 9.47 Å². The molecule has 0 spiro atoms. The van der Waals surface area contributed by atoms with Crippen LogP contribution in [0.3, 0.4) is 0 Å². The fourth-order valence-corrected chi connectivity index (χ4v) is 3.08. The first-order valence-corrected chi connectivity index (χ1v) is 9.29. The lowest BCUT2D eigenvalue weighted by Gasteiger charge is -2.10. The van der Waals surface area contributed by atoms with Crippen LogP contribution >= 0.6 is 0 Å². The molecule has 1 heterocycles. The lowest BCUT2D eigenvalue weighted by molar-refractivity contribution is -0.137. The van der Waals surface area contributed by atoms with Crippen LogP contribution in [0.25, 0.3) is 22.2 Å². The first-order valence-electron chi connectivity index (χ1n) is 9.29. The Morgan fingerprint density at radius 3 is 2.23 bits per heavy atom. The van der Waals surface area contributed by atoms with Gasteiger partial charge in [0, 0.05) is 10.9 Å². The number of carbonyl (C=O) groups is 1. The van der Waals surface area contributed by atoms with Crippen LogP contribution in [0.2, 0.25) is 0 Å². The number of benzene rings is 3. The molecule has 7 heteroatoms. The molecular formula is C24H16F3NO3. The molecule has 4 aromatic rings. The molecule has 0 saturated carbocycles. The summed E-state index contributed by atoms with van der Waals surface area (Å²) in [5.41, 5.74) is 1.03. The molecule has 0 radical (unpaired) electrons. The molecule has 0 bridgehead atoms. The highest BCUT2D eigenvalue weighted by atomic mass is 19.4. The molecule has 0 fully saturated rings. The minimum atomic E-state index is -4.40. The summed E-state index contributed by atoms with van der Waals surface area (Å²) in [4.78, 5) is 17.1. The Balaban J connectivity index is 1.66. The van der Waals surface area contributed by atoms with Crippen molar-refractivity contribution in [2.45, 2.75) is 6.18 Å². The predicted molar refractivity (Wildman–Crippen MR) is 110 cm³/mol. The van der Waals surface area contributed by atoms with Crippen molar-refractivity contribution in [2.75, 3.05) is 7.11 Å². The number of methoxy groups -OCH3 is 1. The Morgan fingerprint density at radius 1 is 0.871 bits per heavy atom. The lowest BCUT2D eigenvalue weighted by atomic mass is 10.1. The number of rotatable bonds is 4. The third-order valence-electron chi connectivity index (χ3n) is 4.72. The molecule has 0 aliphatic heterocycles. The number of carbonyl (C=O) groups excluding carboxylic acids is 1. The fourth-order valence-electron chi connectivity index (χ4n) is 3.08. The Morgan fingerprint density at radius 2 is 1.58 bits per heavy atom. The van der Waals surface area contributed by atoms with E-state index in [4.69, 9.17) is 9.47 Å². The molecule has 4 rings (SSSR count). The number of pyridine rings is 1. The lowest BCUT2D eigenvalue weighted by Crippen LogP contribution is -2.09. The predicted octanol–water partition coefficient (Wildman–Crippen LogP) is 6.15. The molecule has 4 nitrogen and oxygen atoms in total. The first-order chi connectivity index (χ1) is 14.8. The Kier molecular flexibility index (Phi) is 5.33. The number of hydrogen-bond acceptors (Lipinski definition) is 4. The van der Waals surface area contributed by atoms with Crippen LogP contribution < -0.4 is 9.47 Å². The number of esters is 1. The van der Waals surface area contributed by atoms with Gasteiger partial charge in [0.05, 0.1) is 23.9 Å². The van der Waals surface area contributed by atoms with Gasteiger partial charge in [-0.2, -0.15) is 13.2 Å². The van der Waals surface area contributed by atoms with Crippen LogP contribution in [0.5, 0.6) is 11.5 Å². The highest BCUT2D eigenvalue weighted by Gasteiger charge is 2.30. The van der Waals surface area contributed by atoms with Gasteiger partial charge >= 0.3 is 12.1 Å². The van der Waals surface area contributed by atoms with Crippen LogP contribution in [0, 0.1) is 0 Å². The molecule has 0 atom stereocenters. The fraction of sp³-hybridized carbons (Fsp3) is 0.0833. The van der Waals surface area contributed by atoms with Crippen molar-refractivity contribution < 1.29 is 27.4 Å². The molecule has 31 heavy (non-hydrogen) atoms. The number of para-hydroxylation sites is 1. The van der Waals surface area contributed by atoms with Gasteiger partial charge in [-0.1, -0.05) is 30.3 Å². The number of aromatic nitrogens is 1. The highest BCUT2D eigenvalue weighted by molar-refractivity contribution is 5.94. The summed E-state index contributed by atoms with van der Waals surface area (Å²) < 4.78 is 49.1. The van der Waals surface area contributed by atoms with Crippen molar-refractivity contribution in [1.29, 1.82) is 0 Å². The molecule has 156 valence electrons. The number of alkyl halides is 3. The van der Waals surface area contributed by atoms with E-state index in [2.05, 4.69) is 4.98 Å². The Hall–Kier alpha value is -3.87. The maximum atomic E-state index is 12.8. The van der Waals surface area contributed by atoms with Gasteiger partial charge in [-0.25, -0.2) is 9.78 Å². The minimum Gasteiger partial charge on any atom is -0.497 e. The van der Waals surface area contributed by atoms with E-state index >= 15 is 0 Å². The monoisotopic (exact) mass is 423 g/mol.